The van der Waals surface area contributed by atoms with E-state index in [9.17, 15) is 4.79 Å². The van der Waals surface area contributed by atoms with Gasteiger partial charge < -0.3 is 4.42 Å². The van der Waals surface area contributed by atoms with Crippen molar-refractivity contribution < 1.29 is 9.21 Å². The summed E-state index contributed by atoms with van der Waals surface area (Å²) in [6.07, 6.45) is 2.75. The number of rotatable bonds is 3. The van der Waals surface area contributed by atoms with Crippen LogP contribution in [0.15, 0.2) is 45.3 Å². The van der Waals surface area contributed by atoms with Crippen molar-refractivity contribution >= 4 is 50.5 Å². The van der Waals surface area contributed by atoms with Crippen LogP contribution in [0.5, 0.6) is 0 Å². The number of carbonyl (C=O) groups is 1. The van der Waals surface area contributed by atoms with E-state index < -0.39 is 5.24 Å². The van der Waals surface area contributed by atoms with E-state index in [1.165, 1.54) is 12.2 Å². The van der Waals surface area contributed by atoms with Crippen LogP contribution in [0.2, 0.25) is 5.02 Å². The van der Waals surface area contributed by atoms with E-state index in [0.717, 1.165) is 10.0 Å². The molecule has 0 aliphatic heterocycles. The highest BCUT2D eigenvalue weighted by Gasteiger charge is 2.07. The van der Waals surface area contributed by atoms with Gasteiger partial charge in [0, 0.05) is 21.1 Å². The third-order valence-corrected chi connectivity index (χ3v) is 3.22. The van der Waals surface area contributed by atoms with Gasteiger partial charge in [-0.05, 0) is 63.9 Å². The molecule has 0 unspecified atom stereocenters. The molecule has 1 heterocycles. The zero-order valence-electron chi connectivity index (χ0n) is 8.99. The maximum atomic E-state index is 10.6. The van der Waals surface area contributed by atoms with E-state index in [-0.39, 0.29) is 0 Å². The van der Waals surface area contributed by atoms with E-state index >= 15 is 0 Å². The molecule has 0 aliphatic carbocycles. The van der Waals surface area contributed by atoms with Crippen LogP contribution < -0.4 is 0 Å². The number of furan rings is 1. The molecule has 1 aromatic carbocycles. The van der Waals surface area contributed by atoms with Gasteiger partial charge in [-0.15, -0.1) is 0 Å². The zero-order valence-corrected chi connectivity index (χ0v) is 12.1. The molecule has 2 rings (SSSR count). The molecule has 0 saturated carbocycles. The van der Waals surface area contributed by atoms with Gasteiger partial charge >= 0.3 is 0 Å². The van der Waals surface area contributed by atoms with Crippen molar-refractivity contribution in [2.75, 3.05) is 0 Å². The minimum absolute atomic E-state index is 0.541. The molecule has 0 atom stereocenters. The van der Waals surface area contributed by atoms with Crippen LogP contribution in [0.1, 0.15) is 5.76 Å². The largest absolute Gasteiger partial charge is 0.457 e. The molecular weight excluding hydrogens is 339 g/mol. The van der Waals surface area contributed by atoms with E-state index in [1.54, 1.807) is 18.2 Å². The molecular formula is C13H7BrCl2O2. The standard InChI is InChI=1S/C13H7BrCl2O2/c14-11-7-8(15)1-4-10(11)12-5-2-9(18-12)3-6-13(16)17/h1-7H/b6-3+. The monoisotopic (exact) mass is 344 g/mol. The summed E-state index contributed by atoms with van der Waals surface area (Å²) in [5.74, 6) is 1.24. The zero-order chi connectivity index (χ0) is 13.1. The van der Waals surface area contributed by atoms with Gasteiger partial charge in [0.05, 0.1) is 0 Å². The summed E-state index contributed by atoms with van der Waals surface area (Å²) in [4.78, 5) is 10.6. The highest BCUT2D eigenvalue weighted by Crippen LogP contribution is 2.32. The Bertz CT molecular complexity index is 617. The second-order valence-electron chi connectivity index (χ2n) is 3.46. The first-order valence-corrected chi connectivity index (χ1v) is 6.54. The third kappa shape index (κ3) is 3.25. The Morgan fingerprint density at radius 3 is 2.72 bits per heavy atom. The summed E-state index contributed by atoms with van der Waals surface area (Å²) in [5, 5.41) is 0.102. The van der Waals surface area contributed by atoms with Gasteiger partial charge in [-0.3, -0.25) is 4.79 Å². The second kappa shape index (κ2) is 5.74. The van der Waals surface area contributed by atoms with Crippen LogP contribution in [0.4, 0.5) is 0 Å². The SMILES string of the molecule is O=C(Cl)/C=C/c1ccc(-c2ccc(Cl)cc2Br)o1. The van der Waals surface area contributed by atoms with E-state index in [2.05, 4.69) is 15.9 Å². The molecule has 0 bridgehead atoms. The lowest BCUT2D eigenvalue weighted by molar-refractivity contribution is -0.107. The lowest BCUT2D eigenvalue weighted by atomic mass is 10.2. The molecule has 0 aliphatic rings. The number of benzene rings is 1. The van der Waals surface area contributed by atoms with Crippen LogP contribution >= 0.6 is 39.1 Å². The van der Waals surface area contributed by atoms with Crippen LogP contribution in [0, 0.1) is 0 Å². The molecule has 0 saturated heterocycles. The summed E-state index contributed by atoms with van der Waals surface area (Å²) < 4.78 is 6.41. The van der Waals surface area contributed by atoms with Crippen LogP contribution in [0.25, 0.3) is 17.4 Å². The van der Waals surface area contributed by atoms with Crippen LogP contribution in [0.3, 0.4) is 0 Å². The molecule has 0 spiro atoms. The van der Waals surface area contributed by atoms with Gasteiger partial charge in [0.15, 0.2) is 0 Å². The highest BCUT2D eigenvalue weighted by molar-refractivity contribution is 9.10. The van der Waals surface area contributed by atoms with Crippen LogP contribution in [-0.4, -0.2) is 5.24 Å². The van der Waals surface area contributed by atoms with Gasteiger partial charge in [0.1, 0.15) is 11.5 Å². The summed E-state index contributed by atoms with van der Waals surface area (Å²) in [5.41, 5.74) is 0.885. The van der Waals surface area contributed by atoms with Crippen LogP contribution in [-0.2, 0) is 4.79 Å². The first kappa shape index (κ1) is 13.4. The predicted molar refractivity (Wildman–Crippen MR) is 76.7 cm³/mol. The maximum absolute atomic E-state index is 10.6. The van der Waals surface area contributed by atoms with Gasteiger partial charge in [-0.2, -0.15) is 0 Å². The summed E-state index contributed by atoms with van der Waals surface area (Å²) >= 11 is 14.5. The van der Waals surface area contributed by atoms with Crippen molar-refractivity contribution in [3.63, 3.8) is 0 Å². The Labute approximate surface area is 122 Å². The molecule has 2 nitrogen and oxygen atoms in total. The quantitative estimate of drug-likeness (QED) is 0.569. The van der Waals surface area contributed by atoms with Crippen molar-refractivity contribution in [3.8, 4) is 11.3 Å². The Balaban J connectivity index is 2.32. The summed E-state index contributed by atoms with van der Waals surface area (Å²) in [6, 6.07) is 8.99. The second-order valence-corrected chi connectivity index (χ2v) is 5.13. The Hall–Kier alpha value is -1.03. The molecule has 18 heavy (non-hydrogen) atoms. The Kier molecular flexibility index (Phi) is 4.27. The number of hydrogen-bond donors (Lipinski definition) is 0. The fourth-order valence-electron chi connectivity index (χ4n) is 1.42. The van der Waals surface area contributed by atoms with Crippen molar-refractivity contribution in [1.29, 1.82) is 0 Å². The first-order valence-electron chi connectivity index (χ1n) is 4.99. The predicted octanol–water partition coefficient (Wildman–Crippen LogP) is 5.14. The summed E-state index contributed by atoms with van der Waals surface area (Å²) in [6.45, 7) is 0. The van der Waals surface area contributed by atoms with Crippen molar-refractivity contribution in [2.45, 2.75) is 0 Å². The lowest BCUT2D eigenvalue weighted by Crippen LogP contribution is -1.76. The minimum Gasteiger partial charge on any atom is -0.457 e. The maximum Gasteiger partial charge on any atom is 0.245 e. The van der Waals surface area contributed by atoms with Crippen molar-refractivity contribution in [1.82, 2.24) is 0 Å². The average Bonchev–Trinajstić information content (AvgIpc) is 2.75. The number of carbonyl (C=O) groups excluding carboxylic acids is 1. The number of hydrogen-bond acceptors (Lipinski definition) is 2. The highest BCUT2D eigenvalue weighted by atomic mass is 79.9. The molecule has 0 radical (unpaired) electrons. The van der Waals surface area contributed by atoms with Gasteiger partial charge in [0.2, 0.25) is 5.24 Å². The van der Waals surface area contributed by atoms with Gasteiger partial charge in [-0.1, -0.05) is 11.6 Å². The minimum atomic E-state index is -0.541. The molecule has 0 fully saturated rings. The van der Waals surface area contributed by atoms with E-state index in [4.69, 9.17) is 27.6 Å². The van der Waals surface area contributed by atoms with Gasteiger partial charge in [0.25, 0.3) is 0 Å². The molecule has 0 amide bonds. The molecule has 5 heteroatoms. The van der Waals surface area contributed by atoms with E-state index in [0.29, 0.717) is 16.5 Å². The first-order chi connectivity index (χ1) is 8.56. The summed E-state index contributed by atoms with van der Waals surface area (Å²) in [7, 11) is 0. The third-order valence-electron chi connectivity index (χ3n) is 2.20. The van der Waals surface area contributed by atoms with E-state index in [1.807, 2.05) is 12.1 Å². The number of halogens is 3. The van der Waals surface area contributed by atoms with Crippen molar-refractivity contribution in [2.24, 2.45) is 0 Å². The normalized spacial score (nSPS) is 11.1. The number of allylic oxidation sites excluding steroid dienone is 1. The fourth-order valence-corrected chi connectivity index (χ4v) is 2.37. The van der Waals surface area contributed by atoms with Gasteiger partial charge in [-0.25, -0.2) is 0 Å². The smallest absolute Gasteiger partial charge is 0.245 e. The Morgan fingerprint density at radius 1 is 1.28 bits per heavy atom. The fraction of sp³-hybridized carbons (Fsp3) is 0. The molecule has 1 aromatic heterocycles. The molecule has 0 N–H and O–H groups in total. The average molecular weight is 346 g/mol. The van der Waals surface area contributed by atoms with Crippen molar-refractivity contribution in [3.05, 3.63) is 51.7 Å². The molecule has 92 valence electrons. The topological polar surface area (TPSA) is 30.2 Å². The molecule has 2 aromatic rings. The lowest BCUT2D eigenvalue weighted by Gasteiger charge is -2.01. The Morgan fingerprint density at radius 2 is 2.06 bits per heavy atom.